The number of nitrogens with one attached hydrogen (secondary N) is 1. The maximum atomic E-state index is 5.59. The van der Waals surface area contributed by atoms with Crippen LogP contribution in [0.3, 0.4) is 0 Å². The van der Waals surface area contributed by atoms with Crippen LogP contribution in [-0.4, -0.2) is 56.1 Å². The Morgan fingerprint density at radius 3 is 3.11 bits per heavy atom. The van der Waals surface area contributed by atoms with E-state index >= 15 is 0 Å². The summed E-state index contributed by atoms with van der Waals surface area (Å²) in [4.78, 5) is 5.07. The van der Waals surface area contributed by atoms with E-state index < -0.39 is 0 Å². The van der Waals surface area contributed by atoms with Gasteiger partial charge in [0.1, 0.15) is 5.76 Å². The van der Waals surface area contributed by atoms with Crippen molar-refractivity contribution in [2.24, 2.45) is 0 Å². The monoisotopic (exact) mass is 263 g/mol. The van der Waals surface area contributed by atoms with Gasteiger partial charge in [0, 0.05) is 57.3 Å². The number of aryl methyl sites for hydroxylation is 1. The van der Waals surface area contributed by atoms with Crippen LogP contribution in [-0.2, 0) is 6.42 Å². The van der Waals surface area contributed by atoms with Crippen LogP contribution in [0.1, 0.15) is 30.2 Å². The van der Waals surface area contributed by atoms with Gasteiger partial charge >= 0.3 is 0 Å². The molecule has 19 heavy (non-hydrogen) atoms. The lowest BCUT2D eigenvalue weighted by atomic mass is 9.92. The molecule has 1 saturated heterocycles. The molecule has 1 unspecified atom stereocenters. The Morgan fingerprint density at radius 1 is 1.42 bits per heavy atom. The van der Waals surface area contributed by atoms with Crippen molar-refractivity contribution < 1.29 is 4.42 Å². The van der Waals surface area contributed by atoms with Crippen molar-refractivity contribution in [3.05, 3.63) is 23.7 Å². The molecule has 0 spiro atoms. The molecule has 0 saturated carbocycles. The maximum absolute atomic E-state index is 5.59. The van der Waals surface area contributed by atoms with Crippen molar-refractivity contribution in [1.82, 2.24) is 15.1 Å². The lowest BCUT2D eigenvalue weighted by molar-refractivity contribution is 0.165. The fraction of sp³-hybridized carbons (Fsp3) is 0.733. The van der Waals surface area contributed by atoms with E-state index in [9.17, 15) is 0 Å². The van der Waals surface area contributed by atoms with Crippen LogP contribution in [0.2, 0.25) is 0 Å². The largest absolute Gasteiger partial charge is 0.469 e. The second-order valence-electron chi connectivity index (χ2n) is 5.78. The highest BCUT2D eigenvalue weighted by atomic mass is 16.3. The molecule has 2 heterocycles. The lowest BCUT2D eigenvalue weighted by Crippen LogP contribution is -2.46. The van der Waals surface area contributed by atoms with Crippen LogP contribution in [0.25, 0.3) is 0 Å². The summed E-state index contributed by atoms with van der Waals surface area (Å²) in [6.45, 7) is 6.99. The van der Waals surface area contributed by atoms with Crippen LogP contribution in [0.4, 0.5) is 0 Å². The summed E-state index contributed by atoms with van der Waals surface area (Å²) in [5, 5.41) is 3.41. The zero-order valence-corrected chi connectivity index (χ0v) is 11.9. The van der Waals surface area contributed by atoms with E-state index in [-0.39, 0.29) is 0 Å². The first kappa shape index (κ1) is 13.2. The Balaban J connectivity index is 1.54. The number of likely N-dealkylation sites (N-methyl/N-ethyl adjacent to an activating group) is 1. The topological polar surface area (TPSA) is 31.6 Å². The summed E-state index contributed by atoms with van der Waals surface area (Å²) < 4.78 is 5.59. The van der Waals surface area contributed by atoms with Gasteiger partial charge < -0.3 is 9.73 Å². The Kier molecular flexibility index (Phi) is 4.21. The molecular formula is C15H25N3O. The van der Waals surface area contributed by atoms with Crippen molar-refractivity contribution in [3.63, 3.8) is 0 Å². The van der Waals surface area contributed by atoms with Crippen molar-refractivity contribution in [3.8, 4) is 0 Å². The zero-order chi connectivity index (χ0) is 13.1. The van der Waals surface area contributed by atoms with Crippen LogP contribution in [0.15, 0.2) is 16.7 Å². The summed E-state index contributed by atoms with van der Waals surface area (Å²) in [6.07, 6.45) is 5.49. The number of furan rings is 1. The molecule has 1 N–H and O–H groups in total. The van der Waals surface area contributed by atoms with Crippen molar-refractivity contribution in [2.75, 3.05) is 46.3 Å². The molecule has 1 aliphatic carbocycles. The van der Waals surface area contributed by atoms with E-state index in [4.69, 9.17) is 4.42 Å². The van der Waals surface area contributed by atoms with Crippen molar-refractivity contribution in [1.29, 1.82) is 0 Å². The minimum absolute atomic E-state index is 0.561. The minimum atomic E-state index is 0.561. The fourth-order valence-electron chi connectivity index (χ4n) is 3.31. The van der Waals surface area contributed by atoms with Crippen molar-refractivity contribution >= 4 is 0 Å². The number of piperazine rings is 1. The molecule has 2 aliphatic rings. The Bertz CT molecular complexity index is 398. The number of hydrogen-bond donors (Lipinski definition) is 1. The summed E-state index contributed by atoms with van der Waals surface area (Å²) in [5.41, 5.74) is 1.43. The third-order valence-electron chi connectivity index (χ3n) is 4.53. The van der Waals surface area contributed by atoms with Gasteiger partial charge in [0.15, 0.2) is 0 Å². The average Bonchev–Trinajstić information content (AvgIpc) is 2.94. The van der Waals surface area contributed by atoms with Gasteiger partial charge in [-0.05, 0) is 26.0 Å². The third-order valence-corrected chi connectivity index (χ3v) is 4.53. The predicted octanol–water partition coefficient (Wildman–Crippen LogP) is 1.49. The molecule has 1 aliphatic heterocycles. The number of hydrogen-bond acceptors (Lipinski definition) is 4. The second kappa shape index (κ2) is 6.07. The molecule has 0 amide bonds. The first-order valence-electron chi connectivity index (χ1n) is 7.54. The van der Waals surface area contributed by atoms with Crippen LogP contribution >= 0.6 is 0 Å². The van der Waals surface area contributed by atoms with Gasteiger partial charge in [0.25, 0.3) is 0 Å². The van der Waals surface area contributed by atoms with Crippen LogP contribution in [0.5, 0.6) is 0 Å². The van der Waals surface area contributed by atoms with Gasteiger partial charge in [-0.3, -0.25) is 9.80 Å². The summed E-state index contributed by atoms with van der Waals surface area (Å²) >= 11 is 0. The minimum Gasteiger partial charge on any atom is -0.469 e. The molecule has 1 aromatic heterocycles. The van der Waals surface area contributed by atoms with E-state index in [1.807, 2.05) is 6.26 Å². The van der Waals surface area contributed by atoms with Gasteiger partial charge in [-0.2, -0.15) is 0 Å². The fourth-order valence-corrected chi connectivity index (χ4v) is 3.31. The number of fused-ring (bicyclic) bond motifs is 1. The standard InChI is InChI=1S/C15H25N3O/c1-17(10-11-18-8-6-16-7-9-18)14-3-2-4-15-13(14)5-12-19-15/h5,12,14,16H,2-4,6-11H2,1H3. The van der Waals surface area contributed by atoms with Crippen LogP contribution in [0, 0.1) is 0 Å². The average molecular weight is 263 g/mol. The summed E-state index contributed by atoms with van der Waals surface area (Å²) in [5.74, 6) is 1.21. The van der Waals surface area contributed by atoms with E-state index in [0.29, 0.717) is 6.04 Å². The molecule has 0 bridgehead atoms. The van der Waals surface area contributed by atoms with Gasteiger partial charge in [-0.25, -0.2) is 0 Å². The molecule has 1 fully saturated rings. The highest BCUT2D eigenvalue weighted by molar-refractivity contribution is 5.24. The molecule has 4 heteroatoms. The number of nitrogens with zero attached hydrogens (tertiary/aromatic N) is 2. The normalized spacial score (nSPS) is 24.6. The van der Waals surface area contributed by atoms with Gasteiger partial charge in [-0.15, -0.1) is 0 Å². The van der Waals surface area contributed by atoms with E-state index in [2.05, 4.69) is 28.2 Å². The predicted molar refractivity (Wildman–Crippen MR) is 76.3 cm³/mol. The van der Waals surface area contributed by atoms with E-state index in [0.717, 1.165) is 26.1 Å². The molecule has 0 aromatic carbocycles. The maximum Gasteiger partial charge on any atom is 0.108 e. The summed E-state index contributed by atoms with van der Waals surface area (Å²) in [7, 11) is 2.26. The number of rotatable bonds is 4. The van der Waals surface area contributed by atoms with Gasteiger partial charge in [0.05, 0.1) is 6.26 Å². The van der Waals surface area contributed by atoms with Crippen molar-refractivity contribution in [2.45, 2.75) is 25.3 Å². The molecule has 4 nitrogen and oxygen atoms in total. The third kappa shape index (κ3) is 3.02. The summed E-state index contributed by atoms with van der Waals surface area (Å²) in [6, 6.07) is 2.73. The highest BCUT2D eigenvalue weighted by Gasteiger charge is 2.25. The van der Waals surface area contributed by atoms with Gasteiger partial charge in [-0.1, -0.05) is 0 Å². The Hall–Kier alpha value is -0.840. The molecule has 1 atom stereocenters. The molecule has 3 rings (SSSR count). The lowest BCUT2D eigenvalue weighted by Gasteiger charge is -2.34. The molecule has 106 valence electrons. The second-order valence-corrected chi connectivity index (χ2v) is 5.78. The molecular weight excluding hydrogens is 238 g/mol. The van der Waals surface area contributed by atoms with Crippen LogP contribution < -0.4 is 5.32 Å². The molecule has 1 aromatic rings. The van der Waals surface area contributed by atoms with E-state index in [1.54, 1.807) is 0 Å². The highest BCUT2D eigenvalue weighted by Crippen LogP contribution is 2.33. The molecule has 0 radical (unpaired) electrons. The first-order chi connectivity index (χ1) is 9.34. The SMILES string of the molecule is CN(CCN1CCNCC1)C1CCCc2occc21. The quantitative estimate of drug-likeness (QED) is 0.892. The zero-order valence-electron chi connectivity index (χ0n) is 11.9. The smallest absolute Gasteiger partial charge is 0.108 e. The first-order valence-corrected chi connectivity index (χ1v) is 7.54. The van der Waals surface area contributed by atoms with E-state index in [1.165, 1.54) is 43.8 Å². The van der Waals surface area contributed by atoms with Gasteiger partial charge in [0.2, 0.25) is 0 Å². The Labute approximate surface area is 115 Å². The Morgan fingerprint density at radius 2 is 2.26 bits per heavy atom.